The number of Topliss-reactive ketones (excluding diaryl/α,β-unsaturated/α-hetero) is 1. The van der Waals surface area contributed by atoms with Crippen molar-refractivity contribution < 1.29 is 4.79 Å². The molecule has 90 valence electrons. The van der Waals surface area contributed by atoms with Crippen molar-refractivity contribution in [3.05, 3.63) is 71.3 Å². The molecule has 0 spiro atoms. The third kappa shape index (κ3) is 1.67. The summed E-state index contributed by atoms with van der Waals surface area (Å²) in [4.78, 5) is 12.8. The molecule has 0 bridgehead atoms. The molecule has 0 atom stereocenters. The maximum Gasteiger partial charge on any atom is 0.173 e. The van der Waals surface area contributed by atoms with Crippen molar-refractivity contribution in [3.8, 4) is 0 Å². The molecule has 0 aliphatic heterocycles. The van der Waals surface area contributed by atoms with E-state index in [4.69, 9.17) is 0 Å². The van der Waals surface area contributed by atoms with Crippen LogP contribution in [0.3, 0.4) is 0 Å². The number of hydrogen-bond donors (Lipinski definition) is 0. The van der Waals surface area contributed by atoms with E-state index in [2.05, 4.69) is 12.1 Å². The molecule has 18 heavy (non-hydrogen) atoms. The van der Waals surface area contributed by atoms with Gasteiger partial charge in [-0.05, 0) is 30.9 Å². The average molecular weight is 236 g/mol. The summed E-state index contributed by atoms with van der Waals surface area (Å²) in [5.41, 5.74) is 2.87. The Kier molecular flexibility index (Phi) is 2.55. The maximum atomic E-state index is 12.8. The monoisotopic (exact) mass is 236 g/mol. The molecule has 1 nitrogen and oxygen atoms in total. The molecule has 0 heterocycles. The number of hydrogen-bond acceptors (Lipinski definition) is 1. The molecule has 0 saturated heterocycles. The van der Waals surface area contributed by atoms with E-state index in [-0.39, 0.29) is 11.2 Å². The summed E-state index contributed by atoms with van der Waals surface area (Å²) in [7, 11) is 0. The van der Waals surface area contributed by atoms with Crippen molar-refractivity contribution in [2.45, 2.75) is 25.2 Å². The van der Waals surface area contributed by atoms with Crippen LogP contribution >= 0.6 is 0 Å². The van der Waals surface area contributed by atoms with Gasteiger partial charge in [0.05, 0.1) is 5.41 Å². The van der Waals surface area contributed by atoms with Gasteiger partial charge < -0.3 is 0 Å². The first-order valence-corrected chi connectivity index (χ1v) is 6.40. The second-order valence-electron chi connectivity index (χ2n) is 5.09. The Labute approximate surface area is 107 Å². The fraction of sp³-hybridized carbons (Fsp3) is 0.235. The predicted molar refractivity (Wildman–Crippen MR) is 72.9 cm³/mol. The van der Waals surface area contributed by atoms with Gasteiger partial charge in [-0.25, -0.2) is 0 Å². The lowest BCUT2D eigenvalue weighted by atomic mass is 9.86. The zero-order chi connectivity index (χ0) is 12.6. The first kappa shape index (κ1) is 11.2. The molecule has 1 saturated carbocycles. The van der Waals surface area contributed by atoms with Gasteiger partial charge in [0.25, 0.3) is 0 Å². The molecule has 2 aromatic rings. The fourth-order valence-corrected chi connectivity index (χ4v) is 2.61. The fourth-order valence-electron chi connectivity index (χ4n) is 2.61. The normalized spacial score (nSPS) is 16.3. The highest BCUT2D eigenvalue weighted by atomic mass is 16.1. The van der Waals surface area contributed by atoms with Crippen molar-refractivity contribution in [3.63, 3.8) is 0 Å². The van der Waals surface area contributed by atoms with Crippen LogP contribution in [0.25, 0.3) is 0 Å². The van der Waals surface area contributed by atoms with Gasteiger partial charge in [-0.15, -0.1) is 0 Å². The summed E-state index contributed by atoms with van der Waals surface area (Å²) in [6.45, 7) is 2.01. The lowest BCUT2D eigenvalue weighted by Crippen LogP contribution is -2.21. The summed E-state index contributed by atoms with van der Waals surface area (Å²) in [6, 6.07) is 18.1. The van der Waals surface area contributed by atoms with Crippen molar-refractivity contribution in [1.29, 1.82) is 0 Å². The molecule has 1 fully saturated rings. The second-order valence-corrected chi connectivity index (χ2v) is 5.09. The Bertz CT molecular complexity index is 580. The summed E-state index contributed by atoms with van der Waals surface area (Å²) in [5, 5.41) is 0. The first-order chi connectivity index (χ1) is 8.74. The molecular formula is C17H16O. The lowest BCUT2D eigenvalue weighted by Gasteiger charge is -2.15. The van der Waals surface area contributed by atoms with Gasteiger partial charge in [-0.1, -0.05) is 54.6 Å². The summed E-state index contributed by atoms with van der Waals surface area (Å²) < 4.78 is 0. The van der Waals surface area contributed by atoms with Gasteiger partial charge in [0.1, 0.15) is 0 Å². The van der Waals surface area contributed by atoms with Crippen LogP contribution in [-0.2, 0) is 5.41 Å². The minimum absolute atomic E-state index is 0.243. The molecule has 3 rings (SSSR count). The highest BCUT2D eigenvalue weighted by Crippen LogP contribution is 2.50. The number of ketones is 1. The minimum atomic E-state index is -0.243. The standard InChI is InChI=1S/C17H16O/c1-13-7-5-6-10-15(13)16(18)17(11-12-17)14-8-3-2-4-9-14/h2-10H,11-12H2,1H3. The summed E-state index contributed by atoms with van der Waals surface area (Å²) >= 11 is 0. The molecule has 2 aromatic carbocycles. The summed E-state index contributed by atoms with van der Waals surface area (Å²) in [6.07, 6.45) is 1.95. The molecule has 0 aromatic heterocycles. The van der Waals surface area contributed by atoms with Crippen molar-refractivity contribution in [1.82, 2.24) is 0 Å². The van der Waals surface area contributed by atoms with E-state index in [9.17, 15) is 4.79 Å². The Morgan fingerprint density at radius 1 is 0.944 bits per heavy atom. The SMILES string of the molecule is Cc1ccccc1C(=O)C1(c2ccccc2)CC1. The van der Waals surface area contributed by atoms with Gasteiger partial charge in [-0.2, -0.15) is 0 Å². The average Bonchev–Trinajstić information content (AvgIpc) is 3.21. The molecule has 1 aliphatic rings. The van der Waals surface area contributed by atoms with Gasteiger partial charge >= 0.3 is 0 Å². The zero-order valence-electron chi connectivity index (χ0n) is 10.5. The minimum Gasteiger partial charge on any atom is -0.293 e. The molecule has 1 aliphatic carbocycles. The largest absolute Gasteiger partial charge is 0.293 e. The van der Waals surface area contributed by atoms with E-state index in [0.717, 1.165) is 24.0 Å². The topological polar surface area (TPSA) is 17.1 Å². The molecule has 0 unspecified atom stereocenters. The smallest absolute Gasteiger partial charge is 0.173 e. The predicted octanol–water partition coefficient (Wildman–Crippen LogP) is 3.91. The van der Waals surface area contributed by atoms with Crippen molar-refractivity contribution >= 4 is 5.78 Å². The van der Waals surface area contributed by atoms with Crippen LogP contribution in [0.1, 0.15) is 34.3 Å². The Morgan fingerprint density at radius 3 is 2.17 bits per heavy atom. The zero-order valence-corrected chi connectivity index (χ0v) is 10.5. The third-order valence-electron chi connectivity index (χ3n) is 3.90. The molecule has 1 heteroatoms. The highest BCUT2D eigenvalue weighted by molar-refractivity contribution is 6.07. The van der Waals surface area contributed by atoms with E-state index in [1.807, 2.05) is 49.4 Å². The molecule has 0 radical (unpaired) electrons. The van der Waals surface area contributed by atoms with E-state index in [0.29, 0.717) is 0 Å². The van der Waals surface area contributed by atoms with Crippen LogP contribution in [0.2, 0.25) is 0 Å². The molecule has 0 amide bonds. The Balaban J connectivity index is 2.01. The van der Waals surface area contributed by atoms with E-state index in [1.54, 1.807) is 0 Å². The highest BCUT2D eigenvalue weighted by Gasteiger charge is 2.51. The summed E-state index contributed by atoms with van der Waals surface area (Å²) in [5.74, 6) is 0.284. The van der Waals surface area contributed by atoms with E-state index >= 15 is 0 Å². The lowest BCUT2D eigenvalue weighted by molar-refractivity contribution is 0.0945. The van der Waals surface area contributed by atoms with Crippen LogP contribution in [0, 0.1) is 6.92 Å². The van der Waals surface area contributed by atoms with Crippen LogP contribution in [-0.4, -0.2) is 5.78 Å². The van der Waals surface area contributed by atoms with E-state index < -0.39 is 0 Å². The number of carbonyl (C=O) groups is 1. The Morgan fingerprint density at radius 2 is 1.56 bits per heavy atom. The van der Waals surface area contributed by atoms with Crippen LogP contribution < -0.4 is 0 Å². The van der Waals surface area contributed by atoms with Crippen LogP contribution in [0.15, 0.2) is 54.6 Å². The molecular weight excluding hydrogens is 220 g/mol. The number of carbonyl (C=O) groups excluding carboxylic acids is 1. The van der Waals surface area contributed by atoms with Gasteiger partial charge in [-0.3, -0.25) is 4.79 Å². The number of benzene rings is 2. The van der Waals surface area contributed by atoms with Gasteiger partial charge in [0.2, 0.25) is 0 Å². The number of aryl methyl sites for hydroxylation is 1. The van der Waals surface area contributed by atoms with Gasteiger partial charge in [0, 0.05) is 5.56 Å². The van der Waals surface area contributed by atoms with Crippen molar-refractivity contribution in [2.24, 2.45) is 0 Å². The number of rotatable bonds is 3. The molecule has 0 N–H and O–H groups in total. The first-order valence-electron chi connectivity index (χ1n) is 6.40. The quantitative estimate of drug-likeness (QED) is 0.738. The maximum absolute atomic E-state index is 12.8. The van der Waals surface area contributed by atoms with Gasteiger partial charge in [0.15, 0.2) is 5.78 Å². The van der Waals surface area contributed by atoms with Crippen molar-refractivity contribution in [2.75, 3.05) is 0 Å². The van der Waals surface area contributed by atoms with Crippen LogP contribution in [0.5, 0.6) is 0 Å². The van der Waals surface area contributed by atoms with Crippen LogP contribution in [0.4, 0.5) is 0 Å². The second kappa shape index (κ2) is 4.09. The Hall–Kier alpha value is -1.89. The van der Waals surface area contributed by atoms with E-state index in [1.165, 1.54) is 5.56 Å². The third-order valence-corrected chi connectivity index (χ3v) is 3.90.